The van der Waals surface area contributed by atoms with E-state index in [1.807, 2.05) is 42.3 Å². The van der Waals surface area contributed by atoms with Gasteiger partial charge in [0.1, 0.15) is 0 Å². The van der Waals surface area contributed by atoms with Crippen LogP contribution in [0.2, 0.25) is 0 Å². The van der Waals surface area contributed by atoms with Crippen LogP contribution in [0, 0.1) is 0 Å². The molecule has 0 aliphatic carbocycles. The van der Waals surface area contributed by atoms with Gasteiger partial charge in [-0.1, -0.05) is 12.1 Å². The molecule has 102 valence electrons. The predicted octanol–water partition coefficient (Wildman–Crippen LogP) is 2.60. The lowest BCUT2D eigenvalue weighted by atomic mass is 10.00. The third kappa shape index (κ3) is 2.56. The van der Waals surface area contributed by atoms with Gasteiger partial charge in [0.2, 0.25) is 0 Å². The monoisotopic (exact) mass is 266 g/mol. The van der Waals surface area contributed by atoms with Gasteiger partial charge in [-0.25, -0.2) is 0 Å². The molecule has 0 saturated carbocycles. The first-order valence-corrected chi connectivity index (χ1v) is 6.81. The number of rotatable bonds is 4. The Bertz CT molecular complexity index is 717. The summed E-state index contributed by atoms with van der Waals surface area (Å²) in [5, 5.41) is 5.32. The topological polar surface area (TPSA) is 56.7 Å². The molecule has 1 unspecified atom stereocenters. The SMILES string of the molecule is Cn1nccc1CCC(N)c1ccc2ncccc2c1. The summed E-state index contributed by atoms with van der Waals surface area (Å²) in [6.07, 6.45) is 5.47. The standard InChI is InChI=1S/C16H18N4/c1-20-14(8-10-19-20)5-6-15(17)12-4-7-16-13(11-12)3-2-9-18-16/h2-4,7-11,15H,5-6,17H2,1H3. The van der Waals surface area contributed by atoms with Gasteiger partial charge in [0, 0.05) is 36.6 Å². The van der Waals surface area contributed by atoms with Crippen LogP contribution in [0.5, 0.6) is 0 Å². The molecule has 2 N–H and O–H groups in total. The van der Waals surface area contributed by atoms with E-state index in [0.29, 0.717) is 0 Å². The van der Waals surface area contributed by atoms with Crippen molar-refractivity contribution in [1.82, 2.24) is 14.8 Å². The van der Waals surface area contributed by atoms with Crippen LogP contribution in [-0.4, -0.2) is 14.8 Å². The lowest BCUT2D eigenvalue weighted by molar-refractivity contribution is 0.614. The number of fused-ring (bicyclic) bond motifs is 1. The highest BCUT2D eigenvalue weighted by atomic mass is 15.2. The van der Waals surface area contributed by atoms with Crippen molar-refractivity contribution in [2.75, 3.05) is 0 Å². The van der Waals surface area contributed by atoms with E-state index in [-0.39, 0.29) is 6.04 Å². The van der Waals surface area contributed by atoms with Gasteiger partial charge in [0.25, 0.3) is 0 Å². The van der Waals surface area contributed by atoms with Crippen LogP contribution in [0.1, 0.15) is 23.7 Å². The molecule has 20 heavy (non-hydrogen) atoms. The summed E-state index contributed by atoms with van der Waals surface area (Å²) in [5.41, 5.74) is 9.68. The lowest BCUT2D eigenvalue weighted by Gasteiger charge is -2.12. The lowest BCUT2D eigenvalue weighted by Crippen LogP contribution is -2.12. The first-order chi connectivity index (χ1) is 9.74. The molecule has 2 aromatic heterocycles. The highest BCUT2D eigenvalue weighted by Crippen LogP contribution is 2.21. The molecule has 0 saturated heterocycles. The number of hydrogen-bond acceptors (Lipinski definition) is 3. The summed E-state index contributed by atoms with van der Waals surface area (Å²) in [4.78, 5) is 4.33. The number of aryl methyl sites for hydroxylation is 2. The van der Waals surface area contributed by atoms with Crippen LogP contribution in [0.25, 0.3) is 10.9 Å². The molecule has 0 fully saturated rings. The Balaban J connectivity index is 1.75. The molecule has 4 heteroatoms. The van der Waals surface area contributed by atoms with Crippen LogP contribution in [0.3, 0.4) is 0 Å². The zero-order valence-electron chi connectivity index (χ0n) is 11.5. The van der Waals surface area contributed by atoms with Gasteiger partial charge in [-0.2, -0.15) is 5.10 Å². The maximum Gasteiger partial charge on any atom is 0.0702 e. The molecule has 1 aromatic carbocycles. The second-order valence-corrected chi connectivity index (χ2v) is 5.05. The van der Waals surface area contributed by atoms with Crippen molar-refractivity contribution in [2.24, 2.45) is 12.8 Å². The van der Waals surface area contributed by atoms with Crippen molar-refractivity contribution in [3.63, 3.8) is 0 Å². The van der Waals surface area contributed by atoms with Crippen molar-refractivity contribution in [3.8, 4) is 0 Å². The fourth-order valence-electron chi connectivity index (χ4n) is 2.44. The third-order valence-electron chi connectivity index (χ3n) is 3.69. The average Bonchev–Trinajstić information content (AvgIpc) is 2.89. The summed E-state index contributed by atoms with van der Waals surface area (Å²) in [5.74, 6) is 0. The smallest absolute Gasteiger partial charge is 0.0702 e. The highest BCUT2D eigenvalue weighted by molar-refractivity contribution is 5.79. The molecule has 0 bridgehead atoms. The zero-order valence-corrected chi connectivity index (χ0v) is 11.5. The molecular formula is C16H18N4. The number of pyridine rings is 1. The van der Waals surface area contributed by atoms with Crippen LogP contribution >= 0.6 is 0 Å². The first-order valence-electron chi connectivity index (χ1n) is 6.81. The Morgan fingerprint density at radius 2 is 2.10 bits per heavy atom. The minimum atomic E-state index is 0.0366. The van der Waals surface area contributed by atoms with Gasteiger partial charge < -0.3 is 5.73 Å². The Morgan fingerprint density at radius 3 is 2.90 bits per heavy atom. The molecular weight excluding hydrogens is 248 g/mol. The van der Waals surface area contributed by atoms with Gasteiger partial charge in [-0.3, -0.25) is 9.67 Å². The molecule has 0 aliphatic rings. The summed E-state index contributed by atoms with van der Waals surface area (Å²) < 4.78 is 1.90. The Kier molecular flexibility index (Phi) is 3.48. The van der Waals surface area contributed by atoms with Crippen LogP contribution in [-0.2, 0) is 13.5 Å². The van der Waals surface area contributed by atoms with Gasteiger partial charge >= 0.3 is 0 Å². The number of hydrogen-bond donors (Lipinski definition) is 1. The summed E-state index contributed by atoms with van der Waals surface area (Å²) in [6.45, 7) is 0. The van der Waals surface area contributed by atoms with Crippen molar-refractivity contribution in [3.05, 3.63) is 60.0 Å². The van der Waals surface area contributed by atoms with Gasteiger partial charge in [0.15, 0.2) is 0 Å². The summed E-state index contributed by atoms with van der Waals surface area (Å²) >= 11 is 0. The van der Waals surface area contributed by atoms with Crippen molar-refractivity contribution >= 4 is 10.9 Å². The van der Waals surface area contributed by atoms with Crippen molar-refractivity contribution in [1.29, 1.82) is 0 Å². The molecule has 3 rings (SSSR count). The average molecular weight is 266 g/mol. The van der Waals surface area contributed by atoms with Crippen LogP contribution in [0.15, 0.2) is 48.8 Å². The molecule has 3 aromatic rings. The van der Waals surface area contributed by atoms with Crippen LogP contribution < -0.4 is 5.73 Å². The fourth-order valence-corrected chi connectivity index (χ4v) is 2.44. The second kappa shape index (κ2) is 5.43. The van der Waals surface area contributed by atoms with E-state index < -0.39 is 0 Å². The first kappa shape index (κ1) is 12.8. The van der Waals surface area contributed by atoms with E-state index in [9.17, 15) is 0 Å². The number of aromatic nitrogens is 3. The summed E-state index contributed by atoms with van der Waals surface area (Å²) in [6, 6.07) is 12.3. The minimum Gasteiger partial charge on any atom is -0.324 e. The maximum absolute atomic E-state index is 6.30. The van der Waals surface area contributed by atoms with Gasteiger partial charge in [-0.15, -0.1) is 0 Å². The highest BCUT2D eigenvalue weighted by Gasteiger charge is 2.08. The fraction of sp³-hybridized carbons (Fsp3) is 0.250. The van der Waals surface area contributed by atoms with E-state index in [1.54, 1.807) is 0 Å². The Morgan fingerprint density at radius 1 is 1.20 bits per heavy atom. The van der Waals surface area contributed by atoms with E-state index in [2.05, 4.69) is 28.3 Å². The second-order valence-electron chi connectivity index (χ2n) is 5.05. The molecule has 0 aliphatic heterocycles. The van der Waals surface area contributed by atoms with Gasteiger partial charge in [0.05, 0.1) is 5.52 Å². The van der Waals surface area contributed by atoms with E-state index in [1.165, 1.54) is 5.69 Å². The quantitative estimate of drug-likeness (QED) is 0.789. The molecule has 0 radical (unpaired) electrons. The molecule has 0 spiro atoms. The third-order valence-corrected chi connectivity index (χ3v) is 3.69. The Labute approximate surface area is 118 Å². The molecule has 2 heterocycles. The number of nitrogens with zero attached hydrogens (tertiary/aromatic N) is 3. The number of nitrogens with two attached hydrogens (primary N) is 1. The van der Waals surface area contributed by atoms with Gasteiger partial charge in [-0.05, 0) is 42.7 Å². The van der Waals surface area contributed by atoms with E-state index in [0.717, 1.165) is 29.3 Å². The maximum atomic E-state index is 6.30. The van der Waals surface area contributed by atoms with Crippen molar-refractivity contribution < 1.29 is 0 Å². The molecule has 4 nitrogen and oxygen atoms in total. The van der Waals surface area contributed by atoms with E-state index in [4.69, 9.17) is 5.73 Å². The predicted molar refractivity (Wildman–Crippen MR) is 80.2 cm³/mol. The molecule has 0 amide bonds. The zero-order chi connectivity index (χ0) is 13.9. The minimum absolute atomic E-state index is 0.0366. The normalized spacial score (nSPS) is 12.7. The van der Waals surface area contributed by atoms with Crippen LogP contribution in [0.4, 0.5) is 0 Å². The van der Waals surface area contributed by atoms with E-state index >= 15 is 0 Å². The largest absolute Gasteiger partial charge is 0.324 e. The van der Waals surface area contributed by atoms with Crippen molar-refractivity contribution in [2.45, 2.75) is 18.9 Å². The Hall–Kier alpha value is -2.20. The molecule has 1 atom stereocenters. The number of benzene rings is 1. The summed E-state index contributed by atoms with van der Waals surface area (Å²) in [7, 11) is 1.96.